The van der Waals surface area contributed by atoms with Crippen molar-refractivity contribution >= 4 is 107 Å². The van der Waals surface area contributed by atoms with Crippen LogP contribution in [0, 0.1) is 0 Å². The standard InChI is InChI=1S/C66H44N2S2/c1-65(2)49-17-9-5-13-41(49)43-25-23-39(35-51(43)65)67-53-27-21-37(33-47(53)61-55(67)29-31-59-63(61)45-15-7-11-19-57(45)69-59)38-22-28-54-48(34-38)62-56(30-32-60-64(62)46-16-8-12-20-58(46)70-60)68(54)40-24-26-44-42-14-6-10-18-50(42)66(3,4)52(44)36-40/h5-36H,1-4H3. The van der Waals surface area contributed by atoms with Crippen molar-refractivity contribution in [3.05, 3.63) is 216 Å². The number of rotatable bonds is 3. The van der Waals surface area contributed by atoms with Crippen LogP contribution in [0.2, 0.25) is 0 Å². The zero-order chi connectivity index (χ0) is 46.4. The first-order valence-corrected chi connectivity index (χ1v) is 26.1. The van der Waals surface area contributed by atoms with Crippen molar-refractivity contribution in [2.45, 2.75) is 38.5 Å². The van der Waals surface area contributed by atoms with Crippen molar-refractivity contribution in [2.24, 2.45) is 0 Å². The highest BCUT2D eigenvalue weighted by atomic mass is 32.1. The maximum absolute atomic E-state index is 2.53. The van der Waals surface area contributed by atoms with Crippen LogP contribution in [0.25, 0.3) is 129 Å². The van der Waals surface area contributed by atoms with Crippen LogP contribution in [0.5, 0.6) is 0 Å². The molecule has 0 saturated carbocycles. The van der Waals surface area contributed by atoms with E-state index in [1.54, 1.807) is 0 Å². The Morgan fingerprint density at radius 2 is 0.700 bits per heavy atom. The lowest BCUT2D eigenvalue weighted by molar-refractivity contribution is 0.660. The van der Waals surface area contributed by atoms with Crippen molar-refractivity contribution in [1.29, 1.82) is 0 Å². The number of aromatic nitrogens is 2. The Morgan fingerprint density at radius 3 is 1.17 bits per heavy atom. The highest BCUT2D eigenvalue weighted by molar-refractivity contribution is 7.26. The predicted molar refractivity (Wildman–Crippen MR) is 301 cm³/mol. The summed E-state index contributed by atoms with van der Waals surface area (Å²) in [6.45, 7) is 9.53. The van der Waals surface area contributed by atoms with E-state index in [-0.39, 0.29) is 10.8 Å². The first-order chi connectivity index (χ1) is 34.2. The molecule has 2 aliphatic rings. The Labute approximate surface area is 412 Å². The molecule has 0 saturated heterocycles. The number of hydrogen-bond acceptors (Lipinski definition) is 2. The van der Waals surface area contributed by atoms with E-state index in [1.165, 1.54) is 151 Å². The molecular weight excluding hydrogens is 885 g/mol. The molecule has 70 heavy (non-hydrogen) atoms. The van der Waals surface area contributed by atoms with Crippen LogP contribution in [0.1, 0.15) is 49.9 Å². The number of benzene rings is 10. The Morgan fingerprint density at radius 1 is 0.300 bits per heavy atom. The third-order valence-corrected chi connectivity index (χ3v) is 18.8. The minimum Gasteiger partial charge on any atom is -0.309 e. The summed E-state index contributed by atoms with van der Waals surface area (Å²) < 4.78 is 10.4. The van der Waals surface area contributed by atoms with Crippen molar-refractivity contribution in [2.75, 3.05) is 0 Å². The lowest BCUT2D eigenvalue weighted by Gasteiger charge is -2.22. The average molecular weight is 929 g/mol. The number of hydrogen-bond donors (Lipinski definition) is 0. The van der Waals surface area contributed by atoms with Gasteiger partial charge in [-0.2, -0.15) is 0 Å². The number of nitrogens with zero attached hydrogens (tertiary/aromatic N) is 2. The Balaban J connectivity index is 0.950. The minimum atomic E-state index is -0.101. The zero-order valence-corrected chi connectivity index (χ0v) is 40.8. The van der Waals surface area contributed by atoms with Crippen LogP contribution in [-0.2, 0) is 10.8 Å². The van der Waals surface area contributed by atoms with Crippen LogP contribution in [0.3, 0.4) is 0 Å². The third kappa shape index (κ3) is 4.97. The van der Waals surface area contributed by atoms with Crippen molar-refractivity contribution in [3.8, 4) is 44.8 Å². The van der Waals surface area contributed by atoms with E-state index in [1.807, 2.05) is 22.7 Å². The molecule has 0 unspecified atom stereocenters. The van der Waals surface area contributed by atoms with Crippen LogP contribution in [-0.4, -0.2) is 9.13 Å². The molecule has 0 spiro atoms. The fourth-order valence-corrected chi connectivity index (χ4v) is 15.5. The summed E-state index contributed by atoms with van der Waals surface area (Å²) in [6.07, 6.45) is 0. The molecule has 2 nitrogen and oxygen atoms in total. The molecule has 4 aromatic heterocycles. The highest BCUT2D eigenvalue weighted by Gasteiger charge is 2.37. The molecule has 0 atom stereocenters. The Hall–Kier alpha value is -7.76. The van der Waals surface area contributed by atoms with E-state index in [4.69, 9.17) is 0 Å². The van der Waals surface area contributed by atoms with Gasteiger partial charge in [-0.05, 0) is 141 Å². The molecule has 0 amide bonds. The van der Waals surface area contributed by atoms with Gasteiger partial charge < -0.3 is 9.13 Å². The van der Waals surface area contributed by atoms with E-state index >= 15 is 0 Å². The second-order valence-electron chi connectivity index (χ2n) is 20.8. The topological polar surface area (TPSA) is 9.86 Å². The fraction of sp³-hybridized carbons (Fsp3) is 0.0909. The van der Waals surface area contributed by atoms with Crippen molar-refractivity contribution < 1.29 is 0 Å². The molecular formula is C66H44N2S2. The van der Waals surface area contributed by atoms with Crippen LogP contribution in [0.4, 0.5) is 0 Å². The van der Waals surface area contributed by atoms with E-state index in [2.05, 4.69) is 231 Å². The molecule has 14 aromatic rings. The first-order valence-electron chi connectivity index (χ1n) is 24.5. The van der Waals surface area contributed by atoms with E-state index in [0.29, 0.717) is 0 Å². The SMILES string of the molecule is CC1(C)c2ccccc2-c2ccc(-n3c4ccc(-c5ccc6c(c5)c5c7c(ccc5n6-c5ccc6c(c5)C(C)(C)c5ccccc5-6)sc5ccccc57)cc4c4c5c(ccc43)sc3ccccc35)cc21. The van der Waals surface area contributed by atoms with Gasteiger partial charge in [0.2, 0.25) is 0 Å². The molecule has 10 aromatic carbocycles. The van der Waals surface area contributed by atoms with Gasteiger partial charge in [0.05, 0.1) is 22.1 Å². The Bertz CT molecular complexity index is 4360. The summed E-state index contributed by atoms with van der Waals surface area (Å²) in [7, 11) is 0. The van der Waals surface area contributed by atoms with Crippen molar-refractivity contribution in [3.63, 3.8) is 0 Å². The summed E-state index contributed by atoms with van der Waals surface area (Å²) in [5, 5.41) is 10.5. The molecule has 0 aliphatic heterocycles. The molecule has 0 fully saturated rings. The summed E-state index contributed by atoms with van der Waals surface area (Å²) in [5.41, 5.74) is 20.5. The lowest BCUT2D eigenvalue weighted by atomic mass is 9.82. The monoisotopic (exact) mass is 928 g/mol. The quantitative estimate of drug-likeness (QED) is 0.167. The third-order valence-electron chi connectivity index (χ3n) is 16.5. The predicted octanol–water partition coefficient (Wildman–Crippen LogP) is 18.9. The smallest absolute Gasteiger partial charge is 0.0548 e. The van der Waals surface area contributed by atoms with E-state index in [0.717, 1.165) is 0 Å². The molecule has 0 N–H and O–H groups in total. The minimum absolute atomic E-state index is 0.101. The molecule has 0 bridgehead atoms. The van der Waals surface area contributed by atoms with E-state index in [9.17, 15) is 0 Å². The highest BCUT2D eigenvalue weighted by Crippen LogP contribution is 2.53. The second-order valence-corrected chi connectivity index (χ2v) is 23.0. The molecule has 16 rings (SSSR count). The summed E-state index contributed by atoms with van der Waals surface area (Å²) in [5.74, 6) is 0. The van der Waals surface area contributed by atoms with Crippen LogP contribution < -0.4 is 0 Å². The Kier molecular flexibility index (Phi) is 7.55. The van der Waals surface area contributed by atoms with E-state index < -0.39 is 0 Å². The first kappa shape index (κ1) is 39.1. The molecule has 4 heterocycles. The van der Waals surface area contributed by atoms with Gasteiger partial charge in [0, 0.05) is 84.1 Å². The zero-order valence-electron chi connectivity index (χ0n) is 39.2. The van der Waals surface area contributed by atoms with Crippen molar-refractivity contribution in [1.82, 2.24) is 9.13 Å². The summed E-state index contributed by atoms with van der Waals surface area (Å²) >= 11 is 3.79. The molecule has 0 radical (unpaired) electrons. The van der Waals surface area contributed by atoms with Gasteiger partial charge in [0.25, 0.3) is 0 Å². The fourth-order valence-electron chi connectivity index (χ4n) is 13.2. The second kappa shape index (κ2) is 13.5. The van der Waals surface area contributed by atoms with Gasteiger partial charge in [-0.1, -0.05) is 137 Å². The lowest BCUT2D eigenvalue weighted by Crippen LogP contribution is -2.15. The molecule has 330 valence electrons. The van der Waals surface area contributed by atoms with Gasteiger partial charge in [0.15, 0.2) is 0 Å². The number of thiophene rings is 2. The average Bonchev–Trinajstić information content (AvgIpc) is 4.21. The maximum Gasteiger partial charge on any atom is 0.0548 e. The summed E-state index contributed by atoms with van der Waals surface area (Å²) in [6, 6.07) is 74.1. The van der Waals surface area contributed by atoms with Crippen LogP contribution in [0.15, 0.2) is 194 Å². The maximum atomic E-state index is 2.53. The largest absolute Gasteiger partial charge is 0.309 e. The van der Waals surface area contributed by atoms with Gasteiger partial charge >= 0.3 is 0 Å². The summed E-state index contributed by atoms with van der Waals surface area (Å²) in [4.78, 5) is 0. The van der Waals surface area contributed by atoms with Gasteiger partial charge in [-0.3, -0.25) is 0 Å². The molecule has 4 heteroatoms. The van der Waals surface area contributed by atoms with Gasteiger partial charge in [-0.25, -0.2) is 0 Å². The van der Waals surface area contributed by atoms with Gasteiger partial charge in [0.1, 0.15) is 0 Å². The van der Waals surface area contributed by atoms with Gasteiger partial charge in [-0.15, -0.1) is 22.7 Å². The van der Waals surface area contributed by atoms with Crippen LogP contribution >= 0.6 is 22.7 Å². The normalized spacial score (nSPS) is 14.5. The number of fused-ring (bicyclic) bond motifs is 20. The molecule has 2 aliphatic carbocycles.